The highest BCUT2D eigenvalue weighted by Gasteiger charge is 2.16. The lowest BCUT2D eigenvalue weighted by atomic mass is 10.1. The predicted molar refractivity (Wildman–Crippen MR) is 133 cm³/mol. The zero-order valence-corrected chi connectivity index (χ0v) is 20.3. The van der Waals surface area contributed by atoms with Crippen LogP contribution in [-0.2, 0) is 11.4 Å². The van der Waals surface area contributed by atoms with Crippen LogP contribution < -0.4 is 14.8 Å². The lowest BCUT2D eigenvalue weighted by molar-refractivity contribution is -0.117. The molecule has 0 radical (unpaired) electrons. The molecule has 0 aliphatic heterocycles. The fraction of sp³-hybridized carbons (Fsp3) is 0.148. The first-order valence-corrected chi connectivity index (χ1v) is 11.2. The zero-order chi connectivity index (χ0) is 24.5. The van der Waals surface area contributed by atoms with Crippen LogP contribution in [0.5, 0.6) is 11.5 Å². The molecule has 0 heterocycles. The third-order valence-electron chi connectivity index (χ3n) is 5.08. The van der Waals surface area contributed by atoms with Crippen molar-refractivity contribution in [1.29, 1.82) is 10.5 Å². The van der Waals surface area contributed by atoms with E-state index in [1.165, 1.54) is 13.2 Å². The van der Waals surface area contributed by atoms with Crippen molar-refractivity contribution in [1.82, 2.24) is 5.32 Å². The largest absolute Gasteiger partial charge is 0.493 e. The van der Waals surface area contributed by atoms with E-state index in [0.29, 0.717) is 27.1 Å². The maximum atomic E-state index is 12.7. The van der Waals surface area contributed by atoms with E-state index in [4.69, 9.17) is 9.47 Å². The van der Waals surface area contributed by atoms with Crippen molar-refractivity contribution in [2.24, 2.45) is 0 Å². The second kappa shape index (κ2) is 11.7. The minimum atomic E-state index is -0.470. The van der Waals surface area contributed by atoms with Crippen molar-refractivity contribution < 1.29 is 14.3 Å². The van der Waals surface area contributed by atoms with Gasteiger partial charge in [0, 0.05) is 5.56 Å². The summed E-state index contributed by atoms with van der Waals surface area (Å²) in [5.41, 5.74) is 2.78. The Labute approximate surface area is 207 Å². The normalized spacial score (nSPS) is 11.6. The Balaban J connectivity index is 1.81. The summed E-state index contributed by atoms with van der Waals surface area (Å²) in [6.45, 7) is 2.04. The molecule has 1 N–H and O–H groups in total. The van der Waals surface area contributed by atoms with Crippen LogP contribution in [0.1, 0.15) is 35.2 Å². The number of ether oxygens (including phenoxy) is 2. The third-order valence-corrected chi connectivity index (χ3v) is 5.67. The summed E-state index contributed by atoms with van der Waals surface area (Å²) in [4.78, 5) is 12.7. The van der Waals surface area contributed by atoms with E-state index in [1.54, 1.807) is 24.3 Å². The number of rotatable bonds is 8. The number of carbonyl (C=O) groups is 1. The average Bonchev–Trinajstić information content (AvgIpc) is 2.86. The molecule has 3 aromatic carbocycles. The van der Waals surface area contributed by atoms with Crippen LogP contribution in [0.3, 0.4) is 0 Å². The van der Waals surface area contributed by atoms with Crippen molar-refractivity contribution in [3.63, 3.8) is 0 Å². The molecule has 3 rings (SSSR count). The molecule has 0 saturated carbocycles. The fourth-order valence-electron chi connectivity index (χ4n) is 3.28. The summed E-state index contributed by atoms with van der Waals surface area (Å²) in [5, 5.41) is 21.7. The summed E-state index contributed by atoms with van der Waals surface area (Å²) in [6, 6.07) is 24.0. The summed E-state index contributed by atoms with van der Waals surface area (Å²) in [6.07, 6.45) is 1.50. The first kappa shape index (κ1) is 24.6. The molecule has 7 heteroatoms. The van der Waals surface area contributed by atoms with E-state index < -0.39 is 5.91 Å². The van der Waals surface area contributed by atoms with Gasteiger partial charge < -0.3 is 14.8 Å². The SMILES string of the molecule is COc1cc(/C=C(/C#N)C(=O)N[C@@H](C)c2ccccc2)cc(Br)c1OCc1ccccc1C#N. The van der Waals surface area contributed by atoms with E-state index in [9.17, 15) is 15.3 Å². The van der Waals surface area contributed by atoms with Crippen LogP contribution in [0.15, 0.2) is 76.8 Å². The number of carbonyl (C=O) groups excluding carboxylic acids is 1. The molecule has 0 unspecified atom stereocenters. The first-order chi connectivity index (χ1) is 16.5. The van der Waals surface area contributed by atoms with Gasteiger partial charge in [-0.05, 0) is 58.3 Å². The van der Waals surface area contributed by atoms with Gasteiger partial charge >= 0.3 is 0 Å². The zero-order valence-electron chi connectivity index (χ0n) is 18.7. The molecule has 0 spiro atoms. The Morgan fingerprint density at radius 1 is 1.12 bits per heavy atom. The Bertz CT molecular complexity index is 1290. The van der Waals surface area contributed by atoms with Gasteiger partial charge in [-0.2, -0.15) is 10.5 Å². The molecular formula is C27H22BrN3O3. The summed E-state index contributed by atoms with van der Waals surface area (Å²) < 4.78 is 12.0. The number of nitrogens with zero attached hydrogens (tertiary/aromatic N) is 2. The molecule has 170 valence electrons. The van der Waals surface area contributed by atoms with Crippen molar-refractivity contribution in [2.75, 3.05) is 7.11 Å². The minimum Gasteiger partial charge on any atom is -0.493 e. The molecule has 1 amide bonds. The standard InChI is InChI=1S/C27H22BrN3O3/c1-18(20-8-4-3-5-9-20)31-27(32)23(16-30)12-19-13-24(28)26(25(14-19)33-2)34-17-22-11-7-6-10-21(22)15-29/h3-14,18H,17H2,1-2H3,(H,31,32)/b23-12-/t18-/m0/s1. The van der Waals surface area contributed by atoms with Crippen LogP contribution in [0.4, 0.5) is 0 Å². The van der Waals surface area contributed by atoms with E-state index in [-0.39, 0.29) is 18.2 Å². The Kier molecular flexibility index (Phi) is 8.45. The number of hydrogen-bond donors (Lipinski definition) is 1. The van der Waals surface area contributed by atoms with Crippen molar-refractivity contribution in [3.05, 3.63) is 99.0 Å². The number of benzene rings is 3. The van der Waals surface area contributed by atoms with Crippen LogP contribution in [0.2, 0.25) is 0 Å². The van der Waals surface area contributed by atoms with Gasteiger partial charge in [0.2, 0.25) is 0 Å². The minimum absolute atomic E-state index is 0.0339. The van der Waals surface area contributed by atoms with Crippen LogP contribution in [-0.4, -0.2) is 13.0 Å². The van der Waals surface area contributed by atoms with Gasteiger partial charge in [0.05, 0.1) is 29.3 Å². The van der Waals surface area contributed by atoms with Crippen LogP contribution in [0.25, 0.3) is 6.08 Å². The number of methoxy groups -OCH3 is 1. The first-order valence-electron chi connectivity index (χ1n) is 10.4. The maximum absolute atomic E-state index is 12.7. The molecule has 3 aromatic rings. The molecule has 0 bridgehead atoms. The molecule has 0 fully saturated rings. The van der Waals surface area contributed by atoms with Crippen LogP contribution >= 0.6 is 15.9 Å². The number of nitriles is 2. The van der Waals surface area contributed by atoms with Crippen molar-refractivity contribution in [2.45, 2.75) is 19.6 Å². The monoisotopic (exact) mass is 515 g/mol. The van der Waals surface area contributed by atoms with Gasteiger partial charge in [-0.25, -0.2) is 0 Å². The molecule has 1 atom stereocenters. The van der Waals surface area contributed by atoms with Gasteiger partial charge in [0.1, 0.15) is 18.2 Å². The van der Waals surface area contributed by atoms with E-state index in [1.807, 2.05) is 55.5 Å². The second-order valence-electron chi connectivity index (χ2n) is 7.37. The maximum Gasteiger partial charge on any atom is 0.262 e. The Hall–Kier alpha value is -4.07. The molecule has 0 aliphatic carbocycles. The molecular weight excluding hydrogens is 494 g/mol. The van der Waals surface area contributed by atoms with E-state index in [0.717, 1.165) is 11.1 Å². The highest BCUT2D eigenvalue weighted by molar-refractivity contribution is 9.10. The molecule has 0 aliphatic rings. The molecule has 34 heavy (non-hydrogen) atoms. The van der Waals surface area contributed by atoms with Gasteiger partial charge in [0.15, 0.2) is 11.5 Å². The summed E-state index contributed by atoms with van der Waals surface area (Å²) in [5.74, 6) is 0.404. The Morgan fingerprint density at radius 3 is 2.50 bits per heavy atom. The van der Waals surface area contributed by atoms with E-state index in [2.05, 4.69) is 27.3 Å². The van der Waals surface area contributed by atoms with Gasteiger partial charge in [-0.1, -0.05) is 48.5 Å². The fourth-order valence-corrected chi connectivity index (χ4v) is 3.86. The van der Waals surface area contributed by atoms with E-state index >= 15 is 0 Å². The van der Waals surface area contributed by atoms with Gasteiger partial charge in [0.25, 0.3) is 5.91 Å². The van der Waals surface area contributed by atoms with Crippen molar-refractivity contribution >= 4 is 27.9 Å². The topological polar surface area (TPSA) is 95.1 Å². The second-order valence-corrected chi connectivity index (χ2v) is 8.22. The third kappa shape index (κ3) is 6.04. The summed E-state index contributed by atoms with van der Waals surface area (Å²) in [7, 11) is 1.50. The number of hydrogen-bond acceptors (Lipinski definition) is 5. The lowest BCUT2D eigenvalue weighted by Crippen LogP contribution is -2.27. The predicted octanol–water partition coefficient (Wildman–Crippen LogP) is 5.69. The molecule has 0 aromatic heterocycles. The summed E-state index contributed by atoms with van der Waals surface area (Å²) >= 11 is 3.48. The molecule has 6 nitrogen and oxygen atoms in total. The quantitative estimate of drug-likeness (QED) is 0.307. The molecule has 0 saturated heterocycles. The lowest BCUT2D eigenvalue weighted by Gasteiger charge is -2.15. The Morgan fingerprint density at radius 2 is 1.82 bits per heavy atom. The highest BCUT2D eigenvalue weighted by Crippen LogP contribution is 2.38. The van der Waals surface area contributed by atoms with Gasteiger partial charge in [-0.3, -0.25) is 4.79 Å². The highest BCUT2D eigenvalue weighted by atomic mass is 79.9. The number of nitrogens with one attached hydrogen (secondary N) is 1. The van der Waals surface area contributed by atoms with Crippen molar-refractivity contribution in [3.8, 4) is 23.6 Å². The number of amides is 1. The average molecular weight is 516 g/mol. The smallest absolute Gasteiger partial charge is 0.262 e. The van der Waals surface area contributed by atoms with Crippen LogP contribution in [0, 0.1) is 22.7 Å². The number of halogens is 1. The van der Waals surface area contributed by atoms with Gasteiger partial charge in [-0.15, -0.1) is 0 Å².